The van der Waals surface area contributed by atoms with Crippen molar-refractivity contribution < 1.29 is 9.90 Å². The van der Waals surface area contributed by atoms with Crippen molar-refractivity contribution in [2.24, 2.45) is 0 Å². The summed E-state index contributed by atoms with van der Waals surface area (Å²) in [5, 5.41) is 14.6. The second-order valence-electron chi connectivity index (χ2n) is 5.17. The first-order chi connectivity index (χ1) is 10.6. The number of hydrogen-bond acceptors (Lipinski definition) is 3. The summed E-state index contributed by atoms with van der Waals surface area (Å²) >= 11 is 0. The molecular weight excluding hydrogens is 276 g/mol. The van der Waals surface area contributed by atoms with Crippen molar-refractivity contribution in [3.8, 4) is 11.4 Å². The molecule has 1 aromatic heterocycles. The molecule has 110 valence electrons. The van der Waals surface area contributed by atoms with E-state index in [1.807, 2.05) is 55.5 Å². The van der Waals surface area contributed by atoms with Crippen molar-refractivity contribution in [3.63, 3.8) is 0 Å². The lowest BCUT2D eigenvalue weighted by molar-refractivity contribution is 0.102. The maximum atomic E-state index is 12.9. The Bertz CT molecular complexity index is 836. The molecule has 0 atom stereocenters. The SMILES string of the molecule is Cc1ccccc1C(=O)c1c(O)c(C)nn1-c1ccccc1. The molecule has 4 heteroatoms. The third kappa shape index (κ3) is 2.29. The molecule has 0 aliphatic rings. The molecule has 0 aliphatic heterocycles. The van der Waals surface area contributed by atoms with E-state index in [0.29, 0.717) is 11.3 Å². The molecule has 0 radical (unpaired) electrons. The zero-order valence-electron chi connectivity index (χ0n) is 12.4. The second kappa shape index (κ2) is 5.48. The van der Waals surface area contributed by atoms with Gasteiger partial charge in [-0.2, -0.15) is 5.10 Å². The Labute approximate surface area is 128 Å². The van der Waals surface area contributed by atoms with Gasteiger partial charge in [-0.1, -0.05) is 42.5 Å². The first kappa shape index (κ1) is 14.1. The molecule has 0 saturated carbocycles. The molecule has 0 unspecified atom stereocenters. The number of ketones is 1. The molecule has 1 heterocycles. The Kier molecular flexibility index (Phi) is 3.51. The van der Waals surface area contributed by atoms with Crippen LogP contribution in [0.15, 0.2) is 54.6 Å². The third-order valence-electron chi connectivity index (χ3n) is 3.63. The van der Waals surface area contributed by atoms with Gasteiger partial charge in [0.25, 0.3) is 0 Å². The maximum Gasteiger partial charge on any atom is 0.215 e. The number of carbonyl (C=O) groups excluding carboxylic acids is 1. The monoisotopic (exact) mass is 292 g/mol. The highest BCUT2D eigenvalue weighted by Gasteiger charge is 2.24. The van der Waals surface area contributed by atoms with E-state index in [1.54, 1.807) is 13.0 Å². The highest BCUT2D eigenvalue weighted by Crippen LogP contribution is 2.27. The predicted molar refractivity (Wildman–Crippen MR) is 84.6 cm³/mol. The van der Waals surface area contributed by atoms with Crippen molar-refractivity contribution in [3.05, 3.63) is 77.1 Å². The lowest BCUT2D eigenvalue weighted by atomic mass is 10.0. The van der Waals surface area contributed by atoms with Gasteiger partial charge in [0, 0.05) is 5.56 Å². The van der Waals surface area contributed by atoms with Crippen molar-refractivity contribution in [2.45, 2.75) is 13.8 Å². The first-order valence-corrected chi connectivity index (χ1v) is 7.04. The summed E-state index contributed by atoms with van der Waals surface area (Å²) in [6.07, 6.45) is 0. The van der Waals surface area contributed by atoms with Gasteiger partial charge in [0.05, 0.1) is 5.69 Å². The van der Waals surface area contributed by atoms with Crippen LogP contribution in [0.5, 0.6) is 5.75 Å². The van der Waals surface area contributed by atoms with E-state index in [9.17, 15) is 9.90 Å². The van der Waals surface area contributed by atoms with Gasteiger partial charge in [-0.05, 0) is 31.5 Å². The normalized spacial score (nSPS) is 10.6. The molecule has 0 aliphatic carbocycles. The smallest absolute Gasteiger partial charge is 0.215 e. The van der Waals surface area contributed by atoms with Crippen molar-refractivity contribution in [1.82, 2.24) is 9.78 Å². The standard InChI is InChI=1S/C18H16N2O2/c1-12-8-6-7-11-15(12)18(22)16-17(21)13(2)19-20(16)14-9-4-3-5-10-14/h3-11,21H,1-2H3. The second-order valence-corrected chi connectivity index (χ2v) is 5.17. The Hall–Kier alpha value is -2.88. The number of aromatic hydroxyl groups is 1. The molecule has 0 bridgehead atoms. The fourth-order valence-corrected chi connectivity index (χ4v) is 2.43. The Morgan fingerprint density at radius 1 is 1.00 bits per heavy atom. The van der Waals surface area contributed by atoms with E-state index in [1.165, 1.54) is 4.68 Å². The van der Waals surface area contributed by atoms with Crippen molar-refractivity contribution in [2.75, 3.05) is 0 Å². The van der Waals surface area contributed by atoms with Gasteiger partial charge in [0.2, 0.25) is 5.78 Å². The fraction of sp³-hybridized carbons (Fsp3) is 0.111. The molecule has 3 aromatic rings. The minimum Gasteiger partial charge on any atom is -0.504 e. The van der Waals surface area contributed by atoms with Crippen molar-refractivity contribution >= 4 is 5.78 Å². The van der Waals surface area contributed by atoms with Crippen LogP contribution in [0.25, 0.3) is 5.69 Å². The summed E-state index contributed by atoms with van der Waals surface area (Å²) in [5.74, 6) is -0.308. The van der Waals surface area contributed by atoms with Crippen LogP contribution in [0.4, 0.5) is 0 Å². The van der Waals surface area contributed by atoms with Crippen LogP contribution in [0.2, 0.25) is 0 Å². The van der Waals surface area contributed by atoms with Gasteiger partial charge in [0.1, 0.15) is 5.69 Å². The Balaban J connectivity index is 2.19. The first-order valence-electron chi connectivity index (χ1n) is 7.04. The van der Waals surface area contributed by atoms with Crippen LogP contribution in [-0.4, -0.2) is 20.7 Å². The number of nitrogens with zero attached hydrogens (tertiary/aromatic N) is 2. The molecular formula is C18H16N2O2. The average Bonchev–Trinajstić information content (AvgIpc) is 2.84. The maximum absolute atomic E-state index is 12.9. The minimum absolute atomic E-state index is 0.0721. The fourth-order valence-electron chi connectivity index (χ4n) is 2.43. The number of para-hydroxylation sites is 1. The molecule has 0 spiro atoms. The number of carbonyl (C=O) groups is 1. The molecule has 0 fully saturated rings. The van der Waals surface area contributed by atoms with Gasteiger partial charge in [0.15, 0.2) is 11.4 Å². The van der Waals surface area contributed by atoms with E-state index in [-0.39, 0.29) is 17.2 Å². The number of benzene rings is 2. The van der Waals surface area contributed by atoms with Gasteiger partial charge >= 0.3 is 0 Å². The summed E-state index contributed by atoms with van der Waals surface area (Å²) in [6, 6.07) is 16.6. The van der Waals surface area contributed by atoms with Crippen LogP contribution >= 0.6 is 0 Å². The van der Waals surface area contributed by atoms with E-state index in [0.717, 1.165) is 11.3 Å². The lowest BCUT2D eigenvalue weighted by Crippen LogP contribution is -2.11. The van der Waals surface area contributed by atoms with Crippen LogP contribution in [-0.2, 0) is 0 Å². The Morgan fingerprint density at radius 3 is 2.32 bits per heavy atom. The molecule has 0 amide bonds. The molecule has 22 heavy (non-hydrogen) atoms. The van der Waals surface area contributed by atoms with Gasteiger partial charge < -0.3 is 5.11 Å². The zero-order chi connectivity index (χ0) is 15.7. The largest absolute Gasteiger partial charge is 0.504 e. The summed E-state index contributed by atoms with van der Waals surface area (Å²) in [5.41, 5.74) is 2.79. The van der Waals surface area contributed by atoms with Gasteiger partial charge in [-0.25, -0.2) is 4.68 Å². The van der Waals surface area contributed by atoms with E-state index in [2.05, 4.69) is 5.10 Å². The van der Waals surface area contributed by atoms with Gasteiger partial charge in [-0.15, -0.1) is 0 Å². The average molecular weight is 292 g/mol. The number of aryl methyl sites for hydroxylation is 2. The van der Waals surface area contributed by atoms with Gasteiger partial charge in [-0.3, -0.25) is 4.79 Å². The van der Waals surface area contributed by atoms with E-state index in [4.69, 9.17) is 0 Å². The molecule has 1 N–H and O–H groups in total. The van der Waals surface area contributed by atoms with Crippen LogP contribution < -0.4 is 0 Å². The topological polar surface area (TPSA) is 55.1 Å². The minimum atomic E-state index is -0.236. The summed E-state index contributed by atoms with van der Waals surface area (Å²) in [4.78, 5) is 12.9. The predicted octanol–water partition coefficient (Wildman–Crippen LogP) is 3.43. The molecule has 2 aromatic carbocycles. The third-order valence-corrected chi connectivity index (χ3v) is 3.63. The number of rotatable bonds is 3. The molecule has 3 rings (SSSR count). The molecule has 4 nitrogen and oxygen atoms in total. The van der Waals surface area contributed by atoms with Crippen molar-refractivity contribution in [1.29, 1.82) is 0 Å². The summed E-state index contributed by atoms with van der Waals surface area (Å²) < 4.78 is 1.50. The number of hydrogen-bond donors (Lipinski definition) is 1. The summed E-state index contributed by atoms with van der Waals surface area (Å²) in [7, 11) is 0. The van der Waals surface area contributed by atoms with E-state index >= 15 is 0 Å². The lowest BCUT2D eigenvalue weighted by Gasteiger charge is -2.08. The Morgan fingerprint density at radius 2 is 1.64 bits per heavy atom. The number of aromatic nitrogens is 2. The highest BCUT2D eigenvalue weighted by molar-refractivity contribution is 6.10. The summed E-state index contributed by atoms with van der Waals surface area (Å²) in [6.45, 7) is 3.56. The molecule has 0 saturated heterocycles. The van der Waals surface area contributed by atoms with Crippen LogP contribution in [0.3, 0.4) is 0 Å². The van der Waals surface area contributed by atoms with Crippen LogP contribution in [0.1, 0.15) is 27.3 Å². The zero-order valence-corrected chi connectivity index (χ0v) is 12.4. The van der Waals surface area contributed by atoms with Crippen LogP contribution in [0, 0.1) is 13.8 Å². The quantitative estimate of drug-likeness (QED) is 0.752. The van der Waals surface area contributed by atoms with E-state index < -0.39 is 0 Å². The highest BCUT2D eigenvalue weighted by atomic mass is 16.3.